The number of ketones is 1. The van der Waals surface area contributed by atoms with Crippen molar-refractivity contribution >= 4 is 17.4 Å². The largest absolute Gasteiger partial charge is 0.294 e. The topological polar surface area (TPSA) is 17.1 Å². The summed E-state index contributed by atoms with van der Waals surface area (Å²) >= 11 is 6.21. The molecule has 15 heavy (non-hydrogen) atoms. The van der Waals surface area contributed by atoms with Crippen LogP contribution in [0.15, 0.2) is 6.07 Å². The fourth-order valence-corrected chi connectivity index (χ4v) is 2.62. The van der Waals surface area contributed by atoms with Crippen molar-refractivity contribution in [2.45, 2.75) is 39.5 Å². The quantitative estimate of drug-likeness (QED) is 0.609. The van der Waals surface area contributed by atoms with Crippen molar-refractivity contribution in [1.29, 1.82) is 0 Å². The number of benzene rings is 1. The summed E-state index contributed by atoms with van der Waals surface area (Å²) in [6, 6.07) is 1.98. The van der Waals surface area contributed by atoms with Crippen LogP contribution in [0.4, 0.5) is 0 Å². The van der Waals surface area contributed by atoms with Crippen molar-refractivity contribution in [1.82, 2.24) is 0 Å². The summed E-state index contributed by atoms with van der Waals surface area (Å²) < 4.78 is 0. The highest BCUT2D eigenvalue weighted by Crippen LogP contribution is 2.31. The third-order valence-corrected chi connectivity index (χ3v) is 3.60. The lowest BCUT2D eigenvalue weighted by molar-refractivity contribution is 0.0981. The highest BCUT2D eigenvalue weighted by atomic mass is 35.5. The van der Waals surface area contributed by atoms with Crippen LogP contribution in [0.1, 0.15) is 46.3 Å². The molecule has 0 fully saturated rings. The molecule has 0 spiro atoms. The molecular formula is C13H15ClO. The van der Waals surface area contributed by atoms with Crippen LogP contribution >= 0.6 is 11.6 Å². The Kier molecular flexibility index (Phi) is 2.83. The molecule has 1 aliphatic rings. The third-order valence-electron chi connectivity index (χ3n) is 3.26. The molecule has 0 bridgehead atoms. The molecule has 0 atom stereocenters. The van der Waals surface area contributed by atoms with Crippen LogP contribution in [-0.4, -0.2) is 5.78 Å². The summed E-state index contributed by atoms with van der Waals surface area (Å²) in [6.45, 7) is 4.04. The van der Waals surface area contributed by atoms with Gasteiger partial charge in [0.25, 0.3) is 0 Å². The monoisotopic (exact) mass is 222 g/mol. The lowest BCUT2D eigenvalue weighted by Crippen LogP contribution is -2.05. The number of halogens is 1. The number of Topliss-reactive ketones (excluding diaryl/α,β-unsaturated/α-hetero) is 1. The first-order valence-electron chi connectivity index (χ1n) is 5.43. The molecule has 2 heteroatoms. The van der Waals surface area contributed by atoms with Gasteiger partial charge in [-0.25, -0.2) is 0 Å². The molecule has 1 aromatic rings. The Morgan fingerprint density at radius 3 is 2.60 bits per heavy atom. The fourth-order valence-electron chi connectivity index (χ4n) is 2.26. The number of aryl methyl sites for hydroxylation is 1. The number of rotatable bonds is 0. The maximum absolute atomic E-state index is 12.0. The Morgan fingerprint density at radius 2 is 1.87 bits per heavy atom. The normalized spacial score (nSPS) is 16.1. The van der Waals surface area contributed by atoms with Gasteiger partial charge in [-0.3, -0.25) is 4.79 Å². The van der Waals surface area contributed by atoms with E-state index in [2.05, 4.69) is 0 Å². The summed E-state index contributed by atoms with van der Waals surface area (Å²) in [6.07, 6.45) is 3.68. The molecule has 0 N–H and O–H groups in total. The van der Waals surface area contributed by atoms with E-state index in [9.17, 15) is 4.79 Å². The lowest BCUT2D eigenvalue weighted by atomic mass is 9.93. The summed E-state index contributed by atoms with van der Waals surface area (Å²) in [7, 11) is 0. The van der Waals surface area contributed by atoms with Crippen LogP contribution in [0.2, 0.25) is 5.02 Å². The molecule has 0 aliphatic heterocycles. The van der Waals surface area contributed by atoms with Crippen LogP contribution in [0, 0.1) is 13.8 Å². The van der Waals surface area contributed by atoms with E-state index in [0.29, 0.717) is 6.42 Å². The van der Waals surface area contributed by atoms with Crippen LogP contribution in [0.5, 0.6) is 0 Å². The standard InChI is InChI=1S/C13H15ClO/c1-8-7-11(14)10-5-3-4-6-12(15)13(10)9(8)2/h7H,3-6H2,1-2H3. The van der Waals surface area contributed by atoms with E-state index in [1.165, 1.54) is 0 Å². The Balaban J connectivity index is 2.69. The minimum absolute atomic E-state index is 0.269. The van der Waals surface area contributed by atoms with Gasteiger partial charge in [-0.2, -0.15) is 0 Å². The minimum Gasteiger partial charge on any atom is -0.294 e. The Labute approximate surface area is 95.4 Å². The first kappa shape index (κ1) is 10.7. The van der Waals surface area contributed by atoms with Gasteiger partial charge < -0.3 is 0 Å². The van der Waals surface area contributed by atoms with Crippen molar-refractivity contribution in [3.8, 4) is 0 Å². The minimum atomic E-state index is 0.269. The maximum atomic E-state index is 12.0. The highest BCUT2D eigenvalue weighted by Gasteiger charge is 2.21. The van der Waals surface area contributed by atoms with Gasteiger partial charge in [0.2, 0.25) is 0 Å². The van der Waals surface area contributed by atoms with Crippen LogP contribution < -0.4 is 0 Å². The summed E-state index contributed by atoms with van der Waals surface area (Å²) in [5, 5.41) is 0.767. The van der Waals surface area contributed by atoms with Crippen molar-refractivity contribution in [2.24, 2.45) is 0 Å². The highest BCUT2D eigenvalue weighted by molar-refractivity contribution is 6.32. The van der Waals surface area contributed by atoms with Crippen LogP contribution in [0.25, 0.3) is 0 Å². The predicted molar refractivity (Wildman–Crippen MR) is 62.8 cm³/mol. The predicted octanol–water partition coefficient (Wildman–Crippen LogP) is 3.87. The van der Waals surface area contributed by atoms with Crippen molar-refractivity contribution < 1.29 is 4.79 Å². The van der Waals surface area contributed by atoms with Crippen molar-refractivity contribution in [3.63, 3.8) is 0 Å². The molecule has 1 aliphatic carbocycles. The molecule has 0 heterocycles. The van der Waals surface area contributed by atoms with E-state index in [-0.39, 0.29) is 5.78 Å². The van der Waals surface area contributed by atoms with E-state index >= 15 is 0 Å². The van der Waals surface area contributed by atoms with Gasteiger partial charge in [0.1, 0.15) is 0 Å². The first-order valence-corrected chi connectivity index (χ1v) is 5.81. The zero-order chi connectivity index (χ0) is 11.0. The molecule has 0 aromatic heterocycles. The van der Waals surface area contributed by atoms with Crippen LogP contribution in [-0.2, 0) is 6.42 Å². The SMILES string of the molecule is Cc1cc(Cl)c2c(c1C)C(=O)CCCC2. The van der Waals surface area contributed by atoms with E-state index in [0.717, 1.165) is 46.5 Å². The molecule has 1 nitrogen and oxygen atoms in total. The molecule has 0 saturated heterocycles. The van der Waals surface area contributed by atoms with Gasteiger partial charge in [-0.15, -0.1) is 0 Å². The van der Waals surface area contributed by atoms with Gasteiger partial charge in [-0.1, -0.05) is 11.6 Å². The molecule has 0 unspecified atom stereocenters. The van der Waals surface area contributed by atoms with Gasteiger partial charge in [0, 0.05) is 17.0 Å². The van der Waals surface area contributed by atoms with Gasteiger partial charge >= 0.3 is 0 Å². The van der Waals surface area contributed by atoms with E-state index in [1.807, 2.05) is 19.9 Å². The molecule has 0 amide bonds. The van der Waals surface area contributed by atoms with Crippen molar-refractivity contribution in [3.05, 3.63) is 33.3 Å². The summed E-state index contributed by atoms with van der Waals surface area (Å²) in [5.74, 6) is 0.269. The number of carbonyl (C=O) groups excluding carboxylic acids is 1. The molecule has 1 aromatic carbocycles. The second kappa shape index (κ2) is 3.97. The average molecular weight is 223 g/mol. The number of fused-ring (bicyclic) bond motifs is 1. The molecule has 80 valence electrons. The summed E-state index contributed by atoms with van der Waals surface area (Å²) in [4.78, 5) is 12.0. The van der Waals surface area contributed by atoms with Gasteiger partial charge in [-0.05, 0) is 55.9 Å². The van der Waals surface area contributed by atoms with Gasteiger partial charge in [0.15, 0.2) is 5.78 Å². The van der Waals surface area contributed by atoms with Crippen LogP contribution in [0.3, 0.4) is 0 Å². The zero-order valence-corrected chi connectivity index (χ0v) is 9.95. The molecule has 0 saturated carbocycles. The molecule has 0 radical (unpaired) electrons. The number of carbonyl (C=O) groups is 1. The lowest BCUT2D eigenvalue weighted by Gasteiger charge is -2.13. The second-order valence-corrected chi connectivity index (χ2v) is 4.69. The van der Waals surface area contributed by atoms with E-state index in [1.54, 1.807) is 0 Å². The van der Waals surface area contributed by atoms with Crippen molar-refractivity contribution in [2.75, 3.05) is 0 Å². The number of hydrogen-bond donors (Lipinski definition) is 0. The van der Waals surface area contributed by atoms with E-state index in [4.69, 9.17) is 11.6 Å². The number of hydrogen-bond acceptors (Lipinski definition) is 1. The molecular weight excluding hydrogens is 208 g/mol. The zero-order valence-electron chi connectivity index (χ0n) is 9.19. The second-order valence-electron chi connectivity index (χ2n) is 4.28. The van der Waals surface area contributed by atoms with Gasteiger partial charge in [0.05, 0.1) is 0 Å². The Morgan fingerprint density at radius 1 is 1.20 bits per heavy atom. The summed E-state index contributed by atoms with van der Waals surface area (Å²) in [5.41, 5.74) is 4.20. The average Bonchev–Trinajstić information content (AvgIpc) is 2.37. The smallest absolute Gasteiger partial charge is 0.163 e. The Hall–Kier alpha value is -0.820. The maximum Gasteiger partial charge on any atom is 0.163 e. The first-order chi connectivity index (χ1) is 7.11. The van der Waals surface area contributed by atoms with E-state index < -0.39 is 0 Å². The third kappa shape index (κ3) is 1.81. The molecule has 2 rings (SSSR count). The Bertz CT molecular complexity index is 421. The fraction of sp³-hybridized carbons (Fsp3) is 0.462.